The third kappa shape index (κ3) is 4.22. The third-order valence-corrected chi connectivity index (χ3v) is 4.26. The molecule has 0 aliphatic carbocycles. The van der Waals surface area contributed by atoms with Crippen LogP contribution in [0.5, 0.6) is 5.75 Å². The lowest BCUT2D eigenvalue weighted by molar-refractivity contribution is -0.385. The molecule has 2 aromatic carbocycles. The van der Waals surface area contributed by atoms with Crippen LogP contribution in [-0.2, 0) is 4.79 Å². The van der Waals surface area contributed by atoms with Crippen LogP contribution in [0.25, 0.3) is 11.3 Å². The largest absolute Gasteiger partial charge is 0.477 e. The summed E-state index contributed by atoms with van der Waals surface area (Å²) in [6, 6.07) is 13.2. The second kappa shape index (κ2) is 7.75. The molecule has 1 heterocycles. The molecule has 8 heteroatoms. The first-order valence-electron chi connectivity index (χ1n) is 7.71. The Hall–Kier alpha value is -3.26. The van der Waals surface area contributed by atoms with Crippen LogP contribution in [0.15, 0.2) is 53.9 Å². The van der Waals surface area contributed by atoms with E-state index in [1.165, 1.54) is 18.2 Å². The van der Waals surface area contributed by atoms with E-state index in [1.54, 1.807) is 23.5 Å². The van der Waals surface area contributed by atoms with Crippen LogP contribution in [0.2, 0.25) is 0 Å². The number of nitrogens with zero attached hydrogens (tertiary/aromatic N) is 2. The number of para-hydroxylation sites is 2. The van der Waals surface area contributed by atoms with Crippen molar-refractivity contribution in [3.05, 3.63) is 69.0 Å². The smallest absolute Gasteiger partial charge is 0.310 e. The van der Waals surface area contributed by atoms with Gasteiger partial charge in [0, 0.05) is 22.7 Å². The highest BCUT2D eigenvalue weighted by atomic mass is 32.1. The van der Waals surface area contributed by atoms with Crippen molar-refractivity contribution in [2.24, 2.45) is 0 Å². The summed E-state index contributed by atoms with van der Waals surface area (Å²) in [7, 11) is 0. The van der Waals surface area contributed by atoms with E-state index in [0.29, 0.717) is 5.69 Å². The molecule has 1 amide bonds. The molecule has 1 N–H and O–H groups in total. The van der Waals surface area contributed by atoms with Crippen LogP contribution in [0, 0.1) is 17.0 Å². The highest BCUT2D eigenvalue weighted by Crippen LogP contribution is 2.26. The minimum atomic E-state index is -0.549. The Morgan fingerprint density at radius 3 is 2.81 bits per heavy atom. The summed E-state index contributed by atoms with van der Waals surface area (Å²) in [5.74, 6) is -0.353. The molecule has 0 saturated heterocycles. The summed E-state index contributed by atoms with van der Waals surface area (Å²) in [6.45, 7) is 1.60. The Kier molecular flexibility index (Phi) is 5.23. The second-order valence-corrected chi connectivity index (χ2v) is 6.46. The molecule has 0 saturated carbocycles. The first-order valence-corrected chi connectivity index (χ1v) is 8.59. The van der Waals surface area contributed by atoms with Gasteiger partial charge in [0.2, 0.25) is 0 Å². The maximum atomic E-state index is 12.1. The maximum Gasteiger partial charge on any atom is 0.310 e. The van der Waals surface area contributed by atoms with Crippen molar-refractivity contribution in [3.8, 4) is 17.0 Å². The molecule has 0 radical (unpaired) electrons. The minimum Gasteiger partial charge on any atom is -0.477 e. The van der Waals surface area contributed by atoms with Crippen LogP contribution >= 0.6 is 11.3 Å². The van der Waals surface area contributed by atoms with E-state index in [0.717, 1.165) is 16.3 Å². The molecule has 0 unspecified atom stereocenters. The Balaban J connectivity index is 1.65. The number of carbonyl (C=O) groups is 1. The van der Waals surface area contributed by atoms with Crippen molar-refractivity contribution in [1.82, 2.24) is 4.98 Å². The van der Waals surface area contributed by atoms with E-state index in [-0.39, 0.29) is 18.0 Å². The number of aryl methyl sites for hydroxylation is 1. The number of rotatable bonds is 6. The number of nitro benzene ring substituents is 1. The predicted octanol–water partition coefficient (Wildman–Crippen LogP) is 4.04. The first kappa shape index (κ1) is 17.6. The summed E-state index contributed by atoms with van der Waals surface area (Å²) in [5.41, 5.74) is 2.16. The molecule has 0 fully saturated rings. The number of hydrogen-bond acceptors (Lipinski definition) is 6. The standard InChI is InChI=1S/C18H15N3O4S/c1-12-19-15(11-26-12)13-5-4-6-14(9-13)20-18(22)10-25-17-8-3-2-7-16(17)21(23)24/h2-9,11H,10H2,1H3,(H,20,22). The summed E-state index contributed by atoms with van der Waals surface area (Å²) < 4.78 is 5.29. The van der Waals surface area contributed by atoms with Crippen LogP contribution in [0.4, 0.5) is 11.4 Å². The van der Waals surface area contributed by atoms with Crippen molar-refractivity contribution >= 4 is 28.6 Å². The average Bonchev–Trinajstić information content (AvgIpc) is 3.07. The molecular formula is C18H15N3O4S. The number of benzene rings is 2. The molecule has 26 heavy (non-hydrogen) atoms. The van der Waals surface area contributed by atoms with E-state index in [4.69, 9.17) is 4.74 Å². The van der Waals surface area contributed by atoms with Crippen LogP contribution in [0.1, 0.15) is 5.01 Å². The summed E-state index contributed by atoms with van der Waals surface area (Å²) in [4.78, 5) is 26.9. The van der Waals surface area contributed by atoms with Crippen molar-refractivity contribution in [1.29, 1.82) is 0 Å². The Labute approximate surface area is 153 Å². The van der Waals surface area contributed by atoms with Gasteiger partial charge >= 0.3 is 5.69 Å². The van der Waals surface area contributed by atoms with Gasteiger partial charge in [-0.1, -0.05) is 24.3 Å². The fraction of sp³-hybridized carbons (Fsp3) is 0.111. The van der Waals surface area contributed by atoms with Gasteiger partial charge in [0.1, 0.15) is 0 Å². The second-order valence-electron chi connectivity index (χ2n) is 5.39. The molecule has 3 rings (SSSR count). The van der Waals surface area contributed by atoms with Gasteiger partial charge in [0.25, 0.3) is 5.91 Å². The van der Waals surface area contributed by atoms with Gasteiger partial charge < -0.3 is 10.1 Å². The molecule has 0 aliphatic rings. The lowest BCUT2D eigenvalue weighted by Gasteiger charge is -2.08. The van der Waals surface area contributed by atoms with E-state index < -0.39 is 10.8 Å². The zero-order valence-electron chi connectivity index (χ0n) is 13.8. The number of hydrogen-bond donors (Lipinski definition) is 1. The van der Waals surface area contributed by atoms with E-state index >= 15 is 0 Å². The number of nitrogens with one attached hydrogen (secondary N) is 1. The molecule has 0 bridgehead atoms. The fourth-order valence-electron chi connectivity index (χ4n) is 2.32. The summed E-state index contributed by atoms with van der Waals surface area (Å²) >= 11 is 1.55. The average molecular weight is 369 g/mol. The first-order chi connectivity index (χ1) is 12.5. The third-order valence-electron chi connectivity index (χ3n) is 3.48. The SMILES string of the molecule is Cc1nc(-c2cccc(NC(=O)COc3ccccc3[N+](=O)[O-])c2)cs1. The van der Waals surface area contributed by atoms with Crippen LogP contribution < -0.4 is 10.1 Å². The molecule has 3 aromatic rings. The maximum absolute atomic E-state index is 12.1. The Bertz CT molecular complexity index is 955. The van der Waals surface area contributed by atoms with Crippen molar-refractivity contribution in [3.63, 3.8) is 0 Å². The van der Waals surface area contributed by atoms with E-state index in [9.17, 15) is 14.9 Å². The molecule has 1 aromatic heterocycles. The number of thiazole rings is 1. The van der Waals surface area contributed by atoms with E-state index in [2.05, 4.69) is 10.3 Å². The lowest BCUT2D eigenvalue weighted by Crippen LogP contribution is -2.20. The van der Waals surface area contributed by atoms with Gasteiger partial charge in [-0.3, -0.25) is 14.9 Å². The van der Waals surface area contributed by atoms with Gasteiger partial charge in [-0.15, -0.1) is 11.3 Å². The molecule has 0 atom stereocenters. The van der Waals surface area contributed by atoms with Gasteiger partial charge in [0.05, 0.1) is 15.6 Å². The monoisotopic (exact) mass is 369 g/mol. The summed E-state index contributed by atoms with van der Waals surface area (Å²) in [5, 5.41) is 16.6. The highest BCUT2D eigenvalue weighted by molar-refractivity contribution is 7.09. The van der Waals surface area contributed by atoms with Gasteiger partial charge in [-0.2, -0.15) is 0 Å². The Morgan fingerprint density at radius 1 is 1.27 bits per heavy atom. The highest BCUT2D eigenvalue weighted by Gasteiger charge is 2.15. The number of aromatic nitrogens is 1. The number of carbonyl (C=O) groups excluding carboxylic acids is 1. The molecule has 0 aliphatic heterocycles. The quantitative estimate of drug-likeness (QED) is 0.523. The van der Waals surface area contributed by atoms with E-state index in [1.807, 2.05) is 30.5 Å². The van der Waals surface area contributed by atoms with Crippen LogP contribution in [-0.4, -0.2) is 22.4 Å². The number of nitro groups is 1. The Morgan fingerprint density at radius 2 is 2.08 bits per heavy atom. The topological polar surface area (TPSA) is 94.4 Å². The molecule has 0 spiro atoms. The fourth-order valence-corrected chi connectivity index (χ4v) is 2.94. The predicted molar refractivity (Wildman–Crippen MR) is 99.5 cm³/mol. The number of ether oxygens (including phenoxy) is 1. The normalized spacial score (nSPS) is 10.3. The van der Waals surface area contributed by atoms with Gasteiger partial charge in [-0.05, 0) is 25.1 Å². The van der Waals surface area contributed by atoms with Crippen LogP contribution in [0.3, 0.4) is 0 Å². The molecular weight excluding hydrogens is 354 g/mol. The minimum absolute atomic E-state index is 0.0550. The van der Waals surface area contributed by atoms with Crippen molar-refractivity contribution < 1.29 is 14.5 Å². The number of anilines is 1. The van der Waals surface area contributed by atoms with Crippen molar-refractivity contribution in [2.75, 3.05) is 11.9 Å². The number of amides is 1. The van der Waals surface area contributed by atoms with Gasteiger partial charge in [0.15, 0.2) is 12.4 Å². The zero-order valence-corrected chi connectivity index (χ0v) is 14.7. The van der Waals surface area contributed by atoms with Gasteiger partial charge in [-0.25, -0.2) is 4.98 Å². The molecule has 132 valence electrons. The molecule has 7 nitrogen and oxygen atoms in total. The lowest BCUT2D eigenvalue weighted by atomic mass is 10.1. The summed E-state index contributed by atoms with van der Waals surface area (Å²) in [6.07, 6.45) is 0. The zero-order chi connectivity index (χ0) is 18.5. The van der Waals surface area contributed by atoms with Crippen molar-refractivity contribution in [2.45, 2.75) is 6.92 Å².